The smallest absolute Gasteiger partial charge is 0.271 e. The van der Waals surface area contributed by atoms with Crippen molar-refractivity contribution in [2.75, 3.05) is 12.5 Å². The lowest BCUT2D eigenvalue weighted by molar-refractivity contribution is 0.0945. The molecule has 0 fully saturated rings. The first-order valence-corrected chi connectivity index (χ1v) is 5.92. The molecule has 0 unspecified atom stereocenters. The molecule has 2 rings (SSSR count). The van der Waals surface area contributed by atoms with Gasteiger partial charge in [0.25, 0.3) is 5.91 Å². The Morgan fingerprint density at radius 2 is 2.05 bits per heavy atom. The highest BCUT2D eigenvalue weighted by atomic mass is 16.5. The number of hydrogen-bond acceptors (Lipinski definition) is 6. The predicted octanol–water partition coefficient (Wildman–Crippen LogP) is 0.701. The maximum absolute atomic E-state index is 11.9. The van der Waals surface area contributed by atoms with Crippen molar-refractivity contribution in [3.8, 4) is 5.75 Å². The van der Waals surface area contributed by atoms with E-state index >= 15 is 0 Å². The van der Waals surface area contributed by atoms with Gasteiger partial charge in [-0.3, -0.25) is 9.78 Å². The molecule has 1 aromatic heterocycles. The van der Waals surface area contributed by atoms with Crippen molar-refractivity contribution < 1.29 is 9.53 Å². The molecule has 0 atom stereocenters. The zero-order chi connectivity index (χ0) is 14.4. The summed E-state index contributed by atoms with van der Waals surface area (Å²) in [6, 6.07) is 7.42. The number of anilines is 1. The molecule has 4 N–H and O–H groups in total. The van der Waals surface area contributed by atoms with Gasteiger partial charge in [0.15, 0.2) is 5.82 Å². The van der Waals surface area contributed by atoms with Crippen molar-refractivity contribution in [3.05, 3.63) is 47.9 Å². The molecule has 0 aliphatic heterocycles. The number of ether oxygens (including phenoxy) is 1. The molecule has 2 aromatic rings. The van der Waals surface area contributed by atoms with Gasteiger partial charge in [-0.1, -0.05) is 12.1 Å². The van der Waals surface area contributed by atoms with Gasteiger partial charge in [0, 0.05) is 6.54 Å². The van der Waals surface area contributed by atoms with Crippen LogP contribution in [-0.2, 0) is 6.54 Å². The van der Waals surface area contributed by atoms with E-state index in [-0.39, 0.29) is 11.6 Å². The number of methoxy groups -OCH3 is 1. The van der Waals surface area contributed by atoms with Crippen LogP contribution in [0.3, 0.4) is 0 Å². The van der Waals surface area contributed by atoms with Crippen LogP contribution in [0.2, 0.25) is 0 Å². The molecule has 0 saturated carbocycles. The topological polar surface area (TPSA) is 102 Å². The molecule has 104 valence electrons. The van der Waals surface area contributed by atoms with Crippen molar-refractivity contribution in [3.63, 3.8) is 0 Å². The van der Waals surface area contributed by atoms with E-state index in [1.807, 2.05) is 24.3 Å². The van der Waals surface area contributed by atoms with Gasteiger partial charge in [0.1, 0.15) is 11.4 Å². The molecule has 0 spiro atoms. The zero-order valence-corrected chi connectivity index (χ0v) is 11.0. The van der Waals surface area contributed by atoms with E-state index in [1.165, 1.54) is 12.4 Å². The standard InChI is InChI=1S/C13H15N5O2/c1-20-10-4-2-9(3-5-10)6-16-13(19)11-7-15-8-12(17-11)18-14/h2-5,7-8H,6,14H2,1H3,(H,16,19)(H,17,18). The molecule has 0 radical (unpaired) electrons. The molecular formula is C13H15N5O2. The van der Waals surface area contributed by atoms with Gasteiger partial charge in [0.2, 0.25) is 0 Å². The number of hydrazine groups is 1. The van der Waals surface area contributed by atoms with Crippen molar-refractivity contribution in [2.24, 2.45) is 5.84 Å². The molecule has 7 heteroatoms. The fourth-order valence-electron chi connectivity index (χ4n) is 1.56. The number of rotatable bonds is 5. The summed E-state index contributed by atoms with van der Waals surface area (Å²) in [5, 5.41) is 2.75. The lowest BCUT2D eigenvalue weighted by atomic mass is 10.2. The number of hydrogen-bond donors (Lipinski definition) is 3. The van der Waals surface area contributed by atoms with E-state index in [2.05, 4.69) is 20.7 Å². The first kappa shape index (κ1) is 13.8. The fraction of sp³-hybridized carbons (Fsp3) is 0.154. The number of nitrogen functional groups attached to an aromatic ring is 1. The van der Waals surface area contributed by atoms with Gasteiger partial charge in [-0.2, -0.15) is 0 Å². The molecule has 0 aliphatic rings. The lowest BCUT2D eigenvalue weighted by Gasteiger charge is -2.06. The molecule has 7 nitrogen and oxygen atoms in total. The number of aromatic nitrogens is 2. The first-order valence-electron chi connectivity index (χ1n) is 5.92. The van der Waals surface area contributed by atoms with Gasteiger partial charge >= 0.3 is 0 Å². The van der Waals surface area contributed by atoms with Gasteiger partial charge in [0.05, 0.1) is 19.5 Å². The summed E-state index contributed by atoms with van der Waals surface area (Å²) < 4.78 is 5.07. The van der Waals surface area contributed by atoms with Gasteiger partial charge in [-0.25, -0.2) is 10.8 Å². The van der Waals surface area contributed by atoms with Crippen molar-refractivity contribution in [2.45, 2.75) is 6.54 Å². The quantitative estimate of drug-likeness (QED) is 0.547. The number of nitrogens with two attached hydrogens (primary N) is 1. The minimum Gasteiger partial charge on any atom is -0.497 e. The fourth-order valence-corrected chi connectivity index (χ4v) is 1.56. The normalized spacial score (nSPS) is 9.90. The Kier molecular flexibility index (Phi) is 4.46. The van der Waals surface area contributed by atoms with Gasteiger partial charge in [-0.05, 0) is 17.7 Å². The number of nitrogens with zero attached hydrogens (tertiary/aromatic N) is 2. The summed E-state index contributed by atoms with van der Waals surface area (Å²) in [7, 11) is 1.61. The van der Waals surface area contributed by atoms with Gasteiger partial charge in [-0.15, -0.1) is 0 Å². The van der Waals surface area contributed by atoms with E-state index < -0.39 is 0 Å². The van der Waals surface area contributed by atoms with Crippen LogP contribution in [0.5, 0.6) is 5.75 Å². The molecule has 0 saturated heterocycles. The highest BCUT2D eigenvalue weighted by molar-refractivity contribution is 5.92. The molecule has 0 aliphatic carbocycles. The van der Waals surface area contributed by atoms with Crippen LogP contribution in [0.25, 0.3) is 0 Å². The summed E-state index contributed by atoms with van der Waals surface area (Å²) >= 11 is 0. The first-order chi connectivity index (χ1) is 9.72. The molecule has 1 amide bonds. The van der Waals surface area contributed by atoms with Crippen LogP contribution in [-0.4, -0.2) is 23.0 Å². The van der Waals surface area contributed by atoms with Crippen LogP contribution in [0, 0.1) is 0 Å². The summed E-state index contributed by atoms with van der Waals surface area (Å²) in [6.07, 6.45) is 2.81. The number of amides is 1. The van der Waals surface area contributed by atoms with E-state index in [4.69, 9.17) is 10.6 Å². The Balaban J connectivity index is 1.97. The van der Waals surface area contributed by atoms with Crippen LogP contribution in [0.4, 0.5) is 5.82 Å². The Morgan fingerprint density at radius 3 is 2.70 bits per heavy atom. The third-order valence-corrected chi connectivity index (χ3v) is 2.63. The Bertz CT molecular complexity index is 586. The second-order valence-electron chi connectivity index (χ2n) is 3.96. The van der Waals surface area contributed by atoms with E-state index in [9.17, 15) is 4.79 Å². The second kappa shape index (κ2) is 6.48. The number of nitrogens with one attached hydrogen (secondary N) is 2. The second-order valence-corrected chi connectivity index (χ2v) is 3.96. The molecule has 20 heavy (non-hydrogen) atoms. The number of carbonyl (C=O) groups excluding carboxylic acids is 1. The summed E-state index contributed by atoms with van der Waals surface area (Å²) in [5.74, 6) is 6.01. The van der Waals surface area contributed by atoms with Gasteiger partial charge < -0.3 is 15.5 Å². The van der Waals surface area contributed by atoms with E-state index in [1.54, 1.807) is 7.11 Å². The van der Waals surface area contributed by atoms with E-state index in [0.717, 1.165) is 11.3 Å². The zero-order valence-electron chi connectivity index (χ0n) is 11.0. The van der Waals surface area contributed by atoms with Crippen molar-refractivity contribution in [1.29, 1.82) is 0 Å². The number of benzene rings is 1. The predicted molar refractivity (Wildman–Crippen MR) is 74.0 cm³/mol. The van der Waals surface area contributed by atoms with Crippen LogP contribution in [0.1, 0.15) is 16.1 Å². The maximum Gasteiger partial charge on any atom is 0.271 e. The maximum atomic E-state index is 11.9. The summed E-state index contributed by atoms with van der Waals surface area (Å²) in [4.78, 5) is 19.8. The Morgan fingerprint density at radius 1 is 1.30 bits per heavy atom. The van der Waals surface area contributed by atoms with E-state index in [0.29, 0.717) is 12.4 Å². The van der Waals surface area contributed by atoms with Crippen molar-refractivity contribution in [1.82, 2.24) is 15.3 Å². The Labute approximate surface area is 116 Å². The summed E-state index contributed by atoms with van der Waals surface area (Å²) in [5.41, 5.74) is 3.50. The highest BCUT2D eigenvalue weighted by Gasteiger charge is 2.08. The van der Waals surface area contributed by atoms with Crippen LogP contribution in [0.15, 0.2) is 36.7 Å². The lowest BCUT2D eigenvalue weighted by Crippen LogP contribution is -2.24. The average molecular weight is 273 g/mol. The average Bonchev–Trinajstić information content (AvgIpc) is 2.53. The molecule has 1 heterocycles. The Hall–Kier alpha value is -2.67. The summed E-state index contributed by atoms with van der Waals surface area (Å²) in [6.45, 7) is 0.394. The minimum atomic E-state index is -0.314. The van der Waals surface area contributed by atoms with Crippen molar-refractivity contribution >= 4 is 11.7 Å². The number of carbonyl (C=O) groups is 1. The third-order valence-electron chi connectivity index (χ3n) is 2.63. The van der Waals surface area contributed by atoms with Crippen LogP contribution < -0.4 is 21.3 Å². The monoisotopic (exact) mass is 273 g/mol. The SMILES string of the molecule is COc1ccc(CNC(=O)c2cncc(NN)n2)cc1. The molecular weight excluding hydrogens is 258 g/mol. The van der Waals surface area contributed by atoms with Crippen LogP contribution >= 0.6 is 0 Å². The highest BCUT2D eigenvalue weighted by Crippen LogP contribution is 2.11. The largest absolute Gasteiger partial charge is 0.497 e. The minimum absolute atomic E-state index is 0.203. The third kappa shape index (κ3) is 3.42. The molecule has 0 bridgehead atoms. The molecule has 1 aromatic carbocycles.